The molecule has 1 aliphatic heterocycles. The van der Waals surface area contributed by atoms with E-state index >= 15 is 8.78 Å². The zero-order chi connectivity index (χ0) is 25.1. The van der Waals surface area contributed by atoms with E-state index < -0.39 is 20.4 Å². The molecule has 0 radical (unpaired) electrons. The minimum Gasteiger partial charge on any atom is -0.248 e. The van der Waals surface area contributed by atoms with Crippen LogP contribution in [0.3, 0.4) is 0 Å². The number of hydrogen-bond acceptors (Lipinski definition) is 5. The van der Waals surface area contributed by atoms with E-state index in [4.69, 9.17) is 0 Å². The van der Waals surface area contributed by atoms with Gasteiger partial charge in [-0.2, -0.15) is 8.75 Å². The van der Waals surface area contributed by atoms with Crippen LogP contribution < -0.4 is 10.4 Å². The highest BCUT2D eigenvalue weighted by molar-refractivity contribution is 7.30. The van der Waals surface area contributed by atoms with Crippen LogP contribution in [-0.2, 0) is 0 Å². The molecule has 0 bridgehead atoms. The van der Waals surface area contributed by atoms with E-state index in [1.165, 1.54) is 31.9 Å². The molecule has 0 spiro atoms. The first-order chi connectivity index (χ1) is 17.6. The molecule has 192 valence electrons. The number of benzene rings is 1. The highest BCUT2D eigenvalue weighted by atomic mass is 32.1. The Balaban J connectivity index is 1.56. The van der Waals surface area contributed by atoms with E-state index in [-0.39, 0.29) is 0 Å². The third kappa shape index (κ3) is 4.98. The molecule has 0 aliphatic carbocycles. The lowest BCUT2D eigenvalue weighted by Gasteiger charge is -2.31. The summed E-state index contributed by atoms with van der Waals surface area (Å²) in [5.41, 5.74) is 2.92. The monoisotopic (exact) mass is 560 g/mol. The summed E-state index contributed by atoms with van der Waals surface area (Å²) in [7, 11) is -2.59. The molecule has 0 amide bonds. The molecule has 8 heteroatoms. The molecule has 4 heterocycles. The Hall–Kier alpha value is -1.48. The summed E-state index contributed by atoms with van der Waals surface area (Å²) in [6.07, 6.45) is 5.53. The van der Waals surface area contributed by atoms with Crippen molar-refractivity contribution in [3.8, 4) is 20.2 Å². The van der Waals surface area contributed by atoms with Gasteiger partial charge in [0, 0.05) is 20.2 Å². The number of nitrogens with zero attached hydrogens (tertiary/aromatic N) is 2. The van der Waals surface area contributed by atoms with Crippen molar-refractivity contribution in [3.05, 3.63) is 35.7 Å². The van der Waals surface area contributed by atoms with Gasteiger partial charge in [0.05, 0.1) is 24.1 Å². The van der Waals surface area contributed by atoms with Crippen molar-refractivity contribution in [2.45, 2.75) is 89.6 Å². The van der Waals surface area contributed by atoms with E-state index in [2.05, 4.69) is 46.2 Å². The topological polar surface area (TPSA) is 25.8 Å². The van der Waals surface area contributed by atoms with Crippen molar-refractivity contribution in [3.63, 3.8) is 0 Å². The van der Waals surface area contributed by atoms with Crippen LogP contribution in [0.4, 0.5) is 8.78 Å². The number of alkyl halides is 2. The van der Waals surface area contributed by atoms with Gasteiger partial charge in [-0.3, -0.25) is 0 Å². The molecule has 0 saturated carbocycles. The van der Waals surface area contributed by atoms with Crippen LogP contribution in [0.5, 0.6) is 0 Å². The molecule has 36 heavy (non-hydrogen) atoms. The predicted octanol–water partition coefficient (Wildman–Crippen LogP) is 8.86. The molecule has 1 aromatic carbocycles. The SMILES string of the molecule is CCCCCC(F)C[Si]1(CC(F)CCCCC)c2ccsc2-c2sc(-c3cccc4nsnc34)cc21. The van der Waals surface area contributed by atoms with Crippen LogP contribution in [0.25, 0.3) is 31.2 Å². The van der Waals surface area contributed by atoms with Gasteiger partial charge in [-0.05, 0) is 52.8 Å². The standard InChI is InChI=1S/C28H34F2N2S3Si/c1-3-5-7-10-19(29)17-36(18-20(30)11-8-6-4-2)24-14-15-33-27(24)28-25(36)16-23(34-28)21-12-9-13-22-26(21)32-35-31-22/h9,12-16,19-20H,3-8,10-11,17-18H2,1-2H3. The van der Waals surface area contributed by atoms with Gasteiger partial charge in [0.2, 0.25) is 0 Å². The fraction of sp³-hybridized carbons (Fsp3) is 0.500. The van der Waals surface area contributed by atoms with E-state index in [0.717, 1.165) is 60.0 Å². The Morgan fingerprint density at radius 1 is 0.861 bits per heavy atom. The lowest BCUT2D eigenvalue weighted by molar-refractivity contribution is 0.317. The van der Waals surface area contributed by atoms with Crippen LogP contribution in [0, 0.1) is 0 Å². The van der Waals surface area contributed by atoms with E-state index in [1.54, 1.807) is 22.7 Å². The Morgan fingerprint density at radius 2 is 1.58 bits per heavy atom. The van der Waals surface area contributed by atoms with E-state index in [9.17, 15) is 0 Å². The normalized spacial score (nSPS) is 18.4. The van der Waals surface area contributed by atoms with E-state index in [0.29, 0.717) is 24.9 Å². The second-order valence-corrected chi connectivity index (χ2v) is 16.7. The molecule has 0 saturated heterocycles. The molecule has 0 fully saturated rings. The zero-order valence-electron chi connectivity index (χ0n) is 21.1. The van der Waals surface area contributed by atoms with Gasteiger partial charge in [-0.1, -0.05) is 70.6 Å². The minimum absolute atomic E-state index is 0.500. The number of halogens is 2. The average molecular weight is 561 g/mol. The maximum absolute atomic E-state index is 15.7. The molecule has 2 atom stereocenters. The summed E-state index contributed by atoms with van der Waals surface area (Å²) in [4.78, 5) is 3.67. The fourth-order valence-corrected chi connectivity index (χ4v) is 15.5. The van der Waals surface area contributed by atoms with Crippen LogP contribution in [0.2, 0.25) is 12.1 Å². The Kier molecular flexibility index (Phi) is 8.35. The fourth-order valence-electron chi connectivity index (χ4n) is 5.78. The van der Waals surface area contributed by atoms with Crippen LogP contribution in [0.1, 0.15) is 65.2 Å². The van der Waals surface area contributed by atoms with Gasteiger partial charge in [-0.25, -0.2) is 8.78 Å². The number of hydrogen-bond donors (Lipinski definition) is 0. The molecule has 3 aromatic heterocycles. The molecule has 2 nitrogen and oxygen atoms in total. The highest BCUT2D eigenvalue weighted by Crippen LogP contribution is 2.45. The minimum atomic E-state index is -2.59. The van der Waals surface area contributed by atoms with Crippen molar-refractivity contribution in [1.82, 2.24) is 8.75 Å². The van der Waals surface area contributed by atoms with Gasteiger partial charge >= 0.3 is 0 Å². The van der Waals surface area contributed by atoms with Gasteiger partial charge in [0.15, 0.2) is 0 Å². The van der Waals surface area contributed by atoms with Gasteiger partial charge < -0.3 is 0 Å². The molecule has 1 aliphatic rings. The van der Waals surface area contributed by atoms with Gasteiger partial charge in [-0.15, -0.1) is 22.7 Å². The average Bonchev–Trinajstić information content (AvgIpc) is 3.64. The van der Waals surface area contributed by atoms with Gasteiger partial charge in [0.1, 0.15) is 19.1 Å². The maximum Gasteiger partial charge on any atom is 0.127 e. The smallest absolute Gasteiger partial charge is 0.127 e. The van der Waals surface area contributed by atoms with Crippen LogP contribution >= 0.6 is 34.4 Å². The van der Waals surface area contributed by atoms with Crippen molar-refractivity contribution in [2.75, 3.05) is 0 Å². The molecular formula is C28H34F2N2S3Si. The second kappa shape index (κ2) is 11.5. The quantitative estimate of drug-likeness (QED) is 0.121. The summed E-state index contributed by atoms with van der Waals surface area (Å²) < 4.78 is 40.3. The summed E-state index contributed by atoms with van der Waals surface area (Å²) in [5, 5.41) is 4.68. The Bertz CT molecular complexity index is 1280. The molecule has 4 aromatic rings. The van der Waals surface area contributed by atoms with Crippen LogP contribution in [0.15, 0.2) is 35.7 Å². The largest absolute Gasteiger partial charge is 0.248 e. The lowest BCUT2D eigenvalue weighted by atomic mass is 10.1. The van der Waals surface area contributed by atoms with E-state index in [1.807, 2.05) is 12.1 Å². The van der Waals surface area contributed by atoms with Crippen molar-refractivity contribution in [2.24, 2.45) is 0 Å². The predicted molar refractivity (Wildman–Crippen MR) is 157 cm³/mol. The van der Waals surface area contributed by atoms with Crippen molar-refractivity contribution >= 4 is 63.9 Å². The first kappa shape index (κ1) is 26.1. The lowest BCUT2D eigenvalue weighted by Crippen LogP contribution is -2.57. The van der Waals surface area contributed by atoms with Crippen molar-refractivity contribution < 1.29 is 8.78 Å². The third-order valence-electron chi connectivity index (χ3n) is 7.57. The number of thiophene rings is 2. The summed E-state index contributed by atoms with van der Waals surface area (Å²) in [5.74, 6) is 0. The number of rotatable bonds is 13. The molecular weight excluding hydrogens is 527 g/mol. The zero-order valence-corrected chi connectivity index (χ0v) is 24.5. The summed E-state index contributed by atoms with van der Waals surface area (Å²) in [6.45, 7) is 4.30. The second-order valence-electron chi connectivity index (χ2n) is 10.1. The number of unbranched alkanes of at least 4 members (excludes halogenated alkanes) is 4. The number of fused-ring (bicyclic) bond motifs is 4. The summed E-state index contributed by atoms with van der Waals surface area (Å²) >= 11 is 4.75. The molecule has 2 unspecified atom stereocenters. The first-order valence-electron chi connectivity index (χ1n) is 13.3. The van der Waals surface area contributed by atoms with Crippen LogP contribution in [-0.4, -0.2) is 29.2 Å². The Morgan fingerprint density at radius 3 is 2.28 bits per heavy atom. The number of aromatic nitrogens is 2. The Labute approximate surface area is 226 Å². The third-order valence-corrected chi connectivity index (χ3v) is 15.9. The molecule has 5 rings (SSSR count). The maximum atomic E-state index is 15.7. The highest BCUT2D eigenvalue weighted by Gasteiger charge is 2.50. The first-order valence-corrected chi connectivity index (χ1v) is 18.1. The van der Waals surface area contributed by atoms with Gasteiger partial charge in [0.25, 0.3) is 0 Å². The molecule has 0 N–H and O–H groups in total. The van der Waals surface area contributed by atoms with Crippen molar-refractivity contribution in [1.29, 1.82) is 0 Å². The summed E-state index contributed by atoms with van der Waals surface area (Å²) in [6, 6.07) is 11.6.